The number of nitrogens with one attached hydrogen (secondary N) is 2. The van der Waals surface area contributed by atoms with E-state index in [1.807, 2.05) is 11.6 Å². The third-order valence-corrected chi connectivity index (χ3v) is 4.83. The first-order valence-electron chi connectivity index (χ1n) is 9.99. The number of aryl methyl sites for hydroxylation is 1. The summed E-state index contributed by atoms with van der Waals surface area (Å²) in [5, 5.41) is 11.4. The summed E-state index contributed by atoms with van der Waals surface area (Å²) >= 11 is 0. The Morgan fingerprint density at radius 3 is 2.64 bits per heavy atom. The topological polar surface area (TPSA) is 75.9 Å². The second-order valence-electron chi connectivity index (χ2n) is 6.79. The molecule has 1 saturated heterocycles. The van der Waals surface area contributed by atoms with Crippen molar-refractivity contribution in [2.45, 2.75) is 40.3 Å². The second kappa shape index (κ2) is 14.1. The molecule has 9 heteroatoms. The van der Waals surface area contributed by atoms with Gasteiger partial charge in [-0.25, -0.2) is 4.99 Å². The van der Waals surface area contributed by atoms with Crippen LogP contribution >= 0.6 is 24.0 Å². The Hall–Kier alpha value is -0.910. The third-order valence-electron chi connectivity index (χ3n) is 4.83. The zero-order valence-corrected chi connectivity index (χ0v) is 20.1. The molecule has 28 heavy (non-hydrogen) atoms. The first-order valence-corrected chi connectivity index (χ1v) is 9.99. The number of methoxy groups -OCH3 is 1. The van der Waals surface area contributed by atoms with Gasteiger partial charge in [0.15, 0.2) is 5.96 Å². The minimum absolute atomic E-state index is 0. The Kier molecular flexibility index (Phi) is 12.7. The predicted molar refractivity (Wildman–Crippen MR) is 124 cm³/mol. The minimum Gasteiger partial charge on any atom is -0.383 e. The summed E-state index contributed by atoms with van der Waals surface area (Å²) in [6, 6.07) is 0. The Morgan fingerprint density at radius 1 is 1.21 bits per heavy atom. The predicted octanol–water partition coefficient (Wildman–Crippen LogP) is 1.54. The van der Waals surface area contributed by atoms with Gasteiger partial charge in [0.1, 0.15) is 0 Å². The Labute approximate surface area is 186 Å². The molecule has 0 atom stereocenters. The van der Waals surface area contributed by atoms with E-state index < -0.39 is 0 Å². The average molecular weight is 508 g/mol. The highest BCUT2D eigenvalue weighted by atomic mass is 127. The summed E-state index contributed by atoms with van der Waals surface area (Å²) in [6.07, 6.45) is 1.09. The van der Waals surface area contributed by atoms with Crippen molar-refractivity contribution in [3.63, 3.8) is 0 Å². The lowest BCUT2D eigenvalue weighted by Crippen LogP contribution is -2.40. The molecule has 1 aromatic heterocycles. The van der Waals surface area contributed by atoms with Crippen molar-refractivity contribution in [3.8, 4) is 0 Å². The molecule has 1 aliphatic heterocycles. The lowest BCUT2D eigenvalue weighted by atomic mass is 10.2. The molecule has 2 N–H and O–H groups in total. The molecule has 2 rings (SSSR count). The lowest BCUT2D eigenvalue weighted by molar-refractivity contribution is 0.0376. The van der Waals surface area contributed by atoms with Crippen molar-refractivity contribution in [2.24, 2.45) is 4.99 Å². The van der Waals surface area contributed by atoms with Gasteiger partial charge in [0.2, 0.25) is 0 Å². The summed E-state index contributed by atoms with van der Waals surface area (Å²) in [5.41, 5.74) is 3.39. The van der Waals surface area contributed by atoms with Gasteiger partial charge in [0.05, 0.1) is 38.6 Å². The van der Waals surface area contributed by atoms with Crippen LogP contribution < -0.4 is 10.6 Å². The van der Waals surface area contributed by atoms with Gasteiger partial charge < -0.3 is 20.1 Å². The van der Waals surface area contributed by atoms with Crippen LogP contribution in [0.5, 0.6) is 0 Å². The number of hydrogen-bond donors (Lipinski definition) is 2. The van der Waals surface area contributed by atoms with Gasteiger partial charge in [0.25, 0.3) is 0 Å². The van der Waals surface area contributed by atoms with Crippen LogP contribution in [0.3, 0.4) is 0 Å². The van der Waals surface area contributed by atoms with Crippen molar-refractivity contribution < 1.29 is 9.47 Å². The lowest BCUT2D eigenvalue weighted by Gasteiger charge is -2.26. The summed E-state index contributed by atoms with van der Waals surface area (Å²) in [7, 11) is 1.71. The number of rotatable bonds is 10. The maximum atomic E-state index is 5.39. The zero-order chi connectivity index (χ0) is 19.5. The summed E-state index contributed by atoms with van der Waals surface area (Å²) in [6.45, 7) is 14.9. The van der Waals surface area contributed by atoms with Crippen molar-refractivity contribution >= 4 is 29.9 Å². The van der Waals surface area contributed by atoms with E-state index in [4.69, 9.17) is 14.5 Å². The largest absolute Gasteiger partial charge is 0.383 e. The Morgan fingerprint density at radius 2 is 1.96 bits per heavy atom. The van der Waals surface area contributed by atoms with Crippen molar-refractivity contribution in [1.82, 2.24) is 25.3 Å². The van der Waals surface area contributed by atoms with Crippen LogP contribution in [-0.4, -0.2) is 80.3 Å². The van der Waals surface area contributed by atoms with Crippen molar-refractivity contribution in [2.75, 3.05) is 59.7 Å². The molecule has 2 heterocycles. The van der Waals surface area contributed by atoms with Crippen LogP contribution in [0.2, 0.25) is 0 Å². The molecule has 1 aromatic rings. The van der Waals surface area contributed by atoms with Gasteiger partial charge >= 0.3 is 0 Å². The fourth-order valence-electron chi connectivity index (χ4n) is 3.19. The minimum atomic E-state index is 0. The summed E-state index contributed by atoms with van der Waals surface area (Å²) < 4.78 is 12.6. The Balaban J connectivity index is 0.00000392. The van der Waals surface area contributed by atoms with Crippen LogP contribution in [0.4, 0.5) is 0 Å². The number of aliphatic imine (C=N–C) groups is 1. The number of halogens is 1. The normalized spacial score (nSPS) is 15.4. The number of hydrogen-bond acceptors (Lipinski definition) is 5. The van der Waals surface area contributed by atoms with Gasteiger partial charge in [-0.05, 0) is 33.7 Å². The monoisotopic (exact) mass is 508 g/mol. The molecule has 8 nitrogen and oxygen atoms in total. The van der Waals surface area contributed by atoms with E-state index in [2.05, 4.69) is 34.5 Å². The molecule has 0 bridgehead atoms. The molecule has 0 amide bonds. The summed E-state index contributed by atoms with van der Waals surface area (Å²) in [4.78, 5) is 7.21. The molecular formula is C19H37IN6O2. The van der Waals surface area contributed by atoms with Gasteiger partial charge in [0, 0.05) is 44.5 Å². The van der Waals surface area contributed by atoms with Crippen molar-refractivity contribution in [1.29, 1.82) is 0 Å². The van der Waals surface area contributed by atoms with Crippen LogP contribution in [0.1, 0.15) is 30.3 Å². The summed E-state index contributed by atoms with van der Waals surface area (Å²) in [5.74, 6) is 0.864. The standard InChI is InChI=1S/C19H36N6O2.HI/c1-5-20-19(21-7-6-8-24-9-13-27-14-10-24)22-15-18-16(2)23-25(17(18)3)11-12-26-4;/h5-15H2,1-4H3,(H2,20,21,22);1H. The van der Waals surface area contributed by atoms with Crippen LogP contribution in [0, 0.1) is 13.8 Å². The van der Waals surface area contributed by atoms with Crippen LogP contribution in [0.15, 0.2) is 4.99 Å². The van der Waals surface area contributed by atoms with E-state index in [9.17, 15) is 0 Å². The van der Waals surface area contributed by atoms with E-state index in [0.717, 1.165) is 76.3 Å². The number of morpholine rings is 1. The van der Waals surface area contributed by atoms with E-state index in [-0.39, 0.29) is 24.0 Å². The highest BCUT2D eigenvalue weighted by Crippen LogP contribution is 2.14. The number of ether oxygens (including phenoxy) is 2. The van der Waals surface area contributed by atoms with Gasteiger partial charge in [-0.15, -0.1) is 24.0 Å². The molecule has 0 saturated carbocycles. The molecule has 1 aliphatic rings. The fourth-order valence-corrected chi connectivity index (χ4v) is 3.19. The molecule has 162 valence electrons. The smallest absolute Gasteiger partial charge is 0.191 e. The third kappa shape index (κ3) is 8.22. The maximum absolute atomic E-state index is 5.39. The van der Waals surface area contributed by atoms with E-state index in [1.54, 1.807) is 7.11 Å². The van der Waals surface area contributed by atoms with Crippen LogP contribution in [0.25, 0.3) is 0 Å². The molecule has 0 radical (unpaired) electrons. The zero-order valence-electron chi connectivity index (χ0n) is 17.8. The Bertz CT molecular complexity index is 587. The molecule has 0 unspecified atom stereocenters. The number of guanidine groups is 1. The van der Waals surface area contributed by atoms with Gasteiger partial charge in [-0.3, -0.25) is 9.58 Å². The number of nitrogens with zero attached hydrogens (tertiary/aromatic N) is 4. The van der Waals surface area contributed by atoms with Gasteiger partial charge in [-0.1, -0.05) is 0 Å². The first-order chi connectivity index (χ1) is 13.2. The average Bonchev–Trinajstić information content (AvgIpc) is 2.95. The highest BCUT2D eigenvalue weighted by Gasteiger charge is 2.12. The first kappa shape index (κ1) is 25.1. The van der Waals surface area contributed by atoms with Gasteiger partial charge in [-0.2, -0.15) is 5.10 Å². The van der Waals surface area contributed by atoms with Crippen molar-refractivity contribution in [3.05, 3.63) is 17.0 Å². The fraction of sp³-hybridized carbons (Fsp3) is 0.789. The number of aromatic nitrogens is 2. The SMILES string of the molecule is CCNC(=NCc1c(C)nn(CCOC)c1C)NCCCN1CCOCC1.I. The highest BCUT2D eigenvalue weighted by molar-refractivity contribution is 14.0. The van der Waals surface area contributed by atoms with Crippen LogP contribution in [-0.2, 0) is 22.6 Å². The molecular weight excluding hydrogens is 471 g/mol. The van der Waals surface area contributed by atoms with E-state index in [0.29, 0.717) is 13.2 Å². The van der Waals surface area contributed by atoms with E-state index in [1.165, 1.54) is 5.56 Å². The van der Waals surface area contributed by atoms with E-state index >= 15 is 0 Å². The molecule has 1 fully saturated rings. The second-order valence-corrected chi connectivity index (χ2v) is 6.79. The molecule has 0 aliphatic carbocycles. The quantitative estimate of drug-likeness (QED) is 0.216. The molecule has 0 spiro atoms. The maximum Gasteiger partial charge on any atom is 0.191 e. The molecule has 0 aromatic carbocycles.